The summed E-state index contributed by atoms with van der Waals surface area (Å²) in [7, 11) is 0. The predicted octanol–water partition coefficient (Wildman–Crippen LogP) is -5.85. The van der Waals surface area contributed by atoms with E-state index in [4.69, 9.17) is 17.2 Å². The van der Waals surface area contributed by atoms with Crippen molar-refractivity contribution in [2.24, 2.45) is 23.1 Å². The van der Waals surface area contributed by atoms with Crippen LogP contribution in [-0.4, -0.2) is 137 Å². The minimum absolute atomic E-state index is 0.210. The summed E-state index contributed by atoms with van der Waals surface area (Å²) in [5.41, 5.74) is 15.7. The zero-order valence-corrected chi connectivity index (χ0v) is 30.0. The third kappa shape index (κ3) is 15.4. The molecule has 9 amide bonds. The van der Waals surface area contributed by atoms with Crippen LogP contribution in [0.4, 0.5) is 0 Å². The van der Waals surface area contributed by atoms with E-state index < -0.39 is 114 Å². The summed E-state index contributed by atoms with van der Waals surface area (Å²) in [6, 6.07) is -7.92. The molecule has 0 unspecified atom stereocenters. The smallest absolute Gasteiger partial charge is 0.326 e. The number of hydrogen-bond donors (Lipinski definition) is 11. The van der Waals surface area contributed by atoms with Gasteiger partial charge in [-0.2, -0.15) is 0 Å². The van der Waals surface area contributed by atoms with E-state index in [-0.39, 0.29) is 32.2 Å². The number of nitrogens with zero attached hydrogens (tertiary/aromatic N) is 1. The zero-order valence-electron chi connectivity index (χ0n) is 30.0. The number of hydrogen-bond acceptors (Lipinski definition) is 12. The molecule has 0 aromatic heterocycles. The molecule has 14 N–H and O–H groups in total. The molecule has 1 aliphatic heterocycles. The number of nitrogens with two attached hydrogens (primary N) is 3. The highest BCUT2D eigenvalue weighted by Gasteiger charge is 2.36. The number of aliphatic hydroxyl groups excluding tert-OH is 1. The zero-order chi connectivity index (χ0) is 40.4. The molecule has 0 aliphatic carbocycles. The van der Waals surface area contributed by atoms with Crippen molar-refractivity contribution >= 4 is 59.1 Å². The molecule has 0 saturated carbocycles. The molecular weight excluding hydrogens is 704 g/mol. The Morgan fingerprint density at radius 3 is 1.89 bits per heavy atom. The van der Waals surface area contributed by atoms with Crippen LogP contribution in [0.1, 0.15) is 65.7 Å². The van der Waals surface area contributed by atoms with Gasteiger partial charge < -0.3 is 64.2 Å². The summed E-state index contributed by atoms with van der Waals surface area (Å²) in [6.07, 6.45) is 0.0487. The first-order valence-corrected chi connectivity index (χ1v) is 17.0. The minimum Gasteiger partial charge on any atom is -0.480 e. The molecule has 53 heavy (non-hydrogen) atoms. The average Bonchev–Trinajstić information content (AvgIpc) is 3.61. The average molecular weight is 757 g/mol. The van der Waals surface area contributed by atoms with Crippen molar-refractivity contribution < 1.29 is 58.2 Å². The van der Waals surface area contributed by atoms with E-state index in [0.717, 1.165) is 0 Å². The van der Waals surface area contributed by atoms with E-state index in [2.05, 4.69) is 31.9 Å². The van der Waals surface area contributed by atoms with Gasteiger partial charge in [0.25, 0.3) is 0 Å². The number of carboxylic acids is 1. The first kappa shape index (κ1) is 45.6. The van der Waals surface area contributed by atoms with E-state index in [1.54, 1.807) is 13.8 Å². The Labute approximate surface area is 305 Å². The number of aliphatic carboxylic acids is 1. The third-order valence-electron chi connectivity index (χ3n) is 8.46. The van der Waals surface area contributed by atoms with Gasteiger partial charge in [-0.1, -0.05) is 20.3 Å². The second-order valence-corrected chi connectivity index (χ2v) is 12.5. The fourth-order valence-corrected chi connectivity index (χ4v) is 5.17. The van der Waals surface area contributed by atoms with Crippen molar-refractivity contribution in [1.29, 1.82) is 0 Å². The van der Waals surface area contributed by atoms with Crippen molar-refractivity contribution in [3.8, 4) is 0 Å². The molecule has 1 heterocycles. The Morgan fingerprint density at radius 2 is 1.36 bits per heavy atom. The van der Waals surface area contributed by atoms with Crippen molar-refractivity contribution in [2.45, 2.75) is 102 Å². The maximum atomic E-state index is 13.2. The van der Waals surface area contributed by atoms with E-state index in [9.17, 15) is 58.2 Å². The van der Waals surface area contributed by atoms with Gasteiger partial charge in [-0.05, 0) is 38.5 Å². The van der Waals surface area contributed by atoms with Crippen LogP contribution in [0.3, 0.4) is 0 Å². The summed E-state index contributed by atoms with van der Waals surface area (Å²) in [6.45, 7) is 2.99. The van der Waals surface area contributed by atoms with E-state index >= 15 is 0 Å². The van der Waals surface area contributed by atoms with E-state index in [1.807, 2.05) is 0 Å². The van der Waals surface area contributed by atoms with E-state index in [0.29, 0.717) is 25.8 Å². The van der Waals surface area contributed by atoms with Crippen molar-refractivity contribution in [1.82, 2.24) is 36.8 Å². The van der Waals surface area contributed by atoms with Crippen LogP contribution < -0.4 is 49.1 Å². The van der Waals surface area contributed by atoms with Gasteiger partial charge in [-0.25, -0.2) is 4.79 Å². The van der Waals surface area contributed by atoms with Gasteiger partial charge in [-0.15, -0.1) is 0 Å². The summed E-state index contributed by atoms with van der Waals surface area (Å²) in [5, 5.41) is 33.0. The fourth-order valence-electron chi connectivity index (χ4n) is 5.17. The highest BCUT2D eigenvalue weighted by molar-refractivity contribution is 5.97. The van der Waals surface area contributed by atoms with Gasteiger partial charge in [0.1, 0.15) is 36.3 Å². The van der Waals surface area contributed by atoms with Gasteiger partial charge >= 0.3 is 5.97 Å². The van der Waals surface area contributed by atoms with Crippen LogP contribution in [0.5, 0.6) is 0 Å². The number of amides is 9. The quantitative estimate of drug-likeness (QED) is 0.0463. The van der Waals surface area contributed by atoms with Crippen molar-refractivity contribution in [3.63, 3.8) is 0 Å². The molecule has 1 rings (SSSR count). The Bertz CT molecular complexity index is 1380. The Kier molecular flexibility index (Phi) is 19.4. The molecule has 0 aromatic carbocycles. The number of likely N-dealkylation sites (tertiary alicyclic amines) is 1. The lowest BCUT2D eigenvalue weighted by Gasteiger charge is -2.27. The molecule has 0 radical (unpaired) electrons. The summed E-state index contributed by atoms with van der Waals surface area (Å²) >= 11 is 0. The number of rotatable bonds is 23. The summed E-state index contributed by atoms with van der Waals surface area (Å²) < 4.78 is 0. The molecule has 1 fully saturated rings. The Morgan fingerprint density at radius 1 is 0.774 bits per heavy atom. The SMILES string of the molecule is CC[C@H](C)[C@H](NC(=O)CNC(=O)[C@H](CCC(N)=O)NC(=O)[C@@H]1CCCN1C(=O)CN)C(=O)N[C@@H](C)C(=O)N[C@@H](CO)C(=O)N[C@@H](CCC(N)=O)C(=O)O. The maximum Gasteiger partial charge on any atom is 0.326 e. The van der Waals surface area contributed by atoms with Crippen LogP contribution in [0, 0.1) is 5.92 Å². The lowest BCUT2D eigenvalue weighted by Crippen LogP contribution is -2.59. The maximum absolute atomic E-state index is 13.2. The molecule has 1 aliphatic rings. The number of aliphatic hydroxyl groups is 1. The Hall–Kier alpha value is -5.38. The van der Waals surface area contributed by atoms with Crippen molar-refractivity contribution in [2.75, 3.05) is 26.2 Å². The van der Waals surface area contributed by atoms with Gasteiger partial charge in [0.05, 0.1) is 19.7 Å². The standard InChI is InChI=1S/C31H52N10O12/c1-4-15(2)25(30(51)36-16(3)26(47)39-19(14-42)28(49)38-18(31(52)53)8-10-22(34)44)40-23(45)13-35-27(48)17(7-9-21(33)43)37-29(50)20-6-5-11-41(20)24(46)12-32/h15-20,25,42H,4-14,32H2,1-3H3,(H2,33,43)(H2,34,44)(H,35,48)(H,36,51)(H,37,50)(H,38,49)(H,39,47)(H,40,45)(H,52,53)/t15-,16-,17-,18-,19-,20-,25-/m0/s1. The third-order valence-corrected chi connectivity index (χ3v) is 8.46. The molecule has 7 atom stereocenters. The normalized spacial score (nSPS) is 17.1. The molecule has 0 spiro atoms. The largest absolute Gasteiger partial charge is 0.480 e. The number of carbonyl (C=O) groups excluding carboxylic acids is 9. The Balaban J connectivity index is 2.88. The topological polar surface area (TPSA) is 365 Å². The van der Waals surface area contributed by atoms with E-state index in [1.165, 1.54) is 11.8 Å². The van der Waals surface area contributed by atoms with Gasteiger partial charge in [0.2, 0.25) is 53.2 Å². The molecule has 0 bridgehead atoms. The number of primary amides is 2. The number of nitrogens with one attached hydrogen (secondary N) is 6. The predicted molar refractivity (Wildman–Crippen MR) is 183 cm³/mol. The van der Waals surface area contributed by atoms with Crippen LogP contribution in [-0.2, 0) is 47.9 Å². The van der Waals surface area contributed by atoms with Crippen LogP contribution in [0.25, 0.3) is 0 Å². The van der Waals surface area contributed by atoms with Crippen molar-refractivity contribution in [3.05, 3.63) is 0 Å². The molecule has 0 aromatic rings. The second kappa shape index (κ2) is 22.5. The lowest BCUT2D eigenvalue weighted by molar-refractivity contribution is -0.143. The summed E-state index contributed by atoms with van der Waals surface area (Å²) in [5.74, 6) is -9.15. The highest BCUT2D eigenvalue weighted by Crippen LogP contribution is 2.18. The minimum atomic E-state index is -1.63. The first-order chi connectivity index (χ1) is 24.9. The molecule has 22 heteroatoms. The lowest BCUT2D eigenvalue weighted by atomic mass is 9.98. The highest BCUT2D eigenvalue weighted by atomic mass is 16.4. The molecular formula is C31H52N10O12. The van der Waals surface area contributed by atoms with Gasteiger partial charge in [0, 0.05) is 19.4 Å². The van der Waals surface area contributed by atoms with Gasteiger partial charge in [0.15, 0.2) is 0 Å². The molecule has 1 saturated heterocycles. The first-order valence-electron chi connectivity index (χ1n) is 17.0. The fraction of sp³-hybridized carbons (Fsp3) is 0.677. The van der Waals surface area contributed by atoms with Crippen LogP contribution >= 0.6 is 0 Å². The molecule has 22 nitrogen and oxygen atoms in total. The van der Waals surface area contributed by atoms with Gasteiger partial charge in [-0.3, -0.25) is 43.2 Å². The summed E-state index contributed by atoms with van der Waals surface area (Å²) in [4.78, 5) is 125. The number of carbonyl (C=O) groups is 10. The second-order valence-electron chi connectivity index (χ2n) is 12.5. The monoisotopic (exact) mass is 756 g/mol. The number of carboxylic acid groups (broad SMARTS) is 1. The van der Waals surface area contributed by atoms with Crippen LogP contribution in [0.15, 0.2) is 0 Å². The van der Waals surface area contributed by atoms with Crippen LogP contribution in [0.2, 0.25) is 0 Å². The molecule has 298 valence electrons.